The molecule has 96 valence electrons. The second-order valence-electron chi connectivity index (χ2n) is 4.44. The van der Waals surface area contributed by atoms with Gasteiger partial charge in [0.1, 0.15) is 0 Å². The van der Waals surface area contributed by atoms with Crippen LogP contribution in [0.1, 0.15) is 32.6 Å². The van der Waals surface area contributed by atoms with Crippen LogP contribution in [0.5, 0.6) is 0 Å². The van der Waals surface area contributed by atoms with E-state index in [9.17, 15) is 5.41 Å². The minimum Gasteiger partial charge on any atom is -0.429 e. The molecule has 0 atom stereocenters. The third-order valence-electron chi connectivity index (χ3n) is 2.97. The van der Waals surface area contributed by atoms with Gasteiger partial charge in [0.2, 0.25) is 0 Å². The Hall–Kier alpha value is -1.25. The van der Waals surface area contributed by atoms with Gasteiger partial charge in [-0.3, -0.25) is 0 Å². The number of unbranched alkanes of at least 4 members (excludes halogenated alkanes) is 1. The van der Waals surface area contributed by atoms with E-state index in [1.165, 1.54) is 0 Å². The molecule has 0 bridgehead atoms. The summed E-state index contributed by atoms with van der Waals surface area (Å²) in [6, 6.07) is 0. The monoisotopic (exact) mass is 234 g/mol. The maximum Gasteiger partial charge on any atom is 0.0104 e. The fourth-order valence-electron chi connectivity index (χ4n) is 1.88. The van der Waals surface area contributed by atoms with Crippen molar-refractivity contribution in [3.63, 3.8) is 0 Å². The molecule has 1 saturated heterocycles. The average molecular weight is 234 g/mol. The van der Waals surface area contributed by atoms with E-state index in [-0.39, 0.29) is 0 Å². The van der Waals surface area contributed by atoms with Crippen LogP contribution >= 0.6 is 0 Å². The van der Waals surface area contributed by atoms with Crippen molar-refractivity contribution in [2.75, 3.05) is 26.7 Å². The lowest BCUT2D eigenvalue weighted by Gasteiger charge is -2.27. The Labute approximate surface area is 105 Å². The maximum atomic E-state index is 9.70. The highest BCUT2D eigenvalue weighted by Crippen LogP contribution is 2.07. The van der Waals surface area contributed by atoms with Crippen molar-refractivity contribution in [3.8, 4) is 0 Å². The molecule has 0 aromatic carbocycles. The first-order chi connectivity index (χ1) is 8.25. The number of allylic oxidation sites excluding steroid dienone is 4. The van der Waals surface area contributed by atoms with Gasteiger partial charge < -0.3 is 15.2 Å². The molecule has 0 amide bonds. The van der Waals surface area contributed by atoms with Gasteiger partial charge in [-0.15, -0.1) is 0 Å². The standard InChI is InChI=1S/C14H24N3/c1-3-4-5-6-7-8-9-10-11-17-13-12-16(2)14(17)15/h4-5,7-8H,3,6,9-13H2,1-2H3/q-1/b5-4-,8-7-. The number of likely N-dealkylation sites (N-methyl/N-ethyl adjacent to an activating group) is 1. The van der Waals surface area contributed by atoms with Crippen LogP contribution in [-0.2, 0) is 0 Å². The SMILES string of the molecule is CC/C=C\C/C=C\CCCN1CCN(C)C1=[N-]. The Morgan fingerprint density at radius 1 is 1.18 bits per heavy atom. The largest absolute Gasteiger partial charge is 0.429 e. The average Bonchev–Trinajstić information content (AvgIpc) is 2.64. The molecule has 1 rings (SSSR count). The van der Waals surface area contributed by atoms with Crippen LogP contribution < -0.4 is 0 Å². The van der Waals surface area contributed by atoms with Crippen LogP contribution in [0.4, 0.5) is 0 Å². The third kappa shape index (κ3) is 5.07. The summed E-state index contributed by atoms with van der Waals surface area (Å²) in [4.78, 5) is 3.94. The highest BCUT2D eigenvalue weighted by Gasteiger charge is 2.11. The van der Waals surface area contributed by atoms with Crippen LogP contribution in [0.15, 0.2) is 24.3 Å². The summed E-state index contributed by atoms with van der Waals surface area (Å²) < 4.78 is 0. The summed E-state index contributed by atoms with van der Waals surface area (Å²) in [5.41, 5.74) is 0. The quantitative estimate of drug-likeness (QED) is 0.500. The molecular formula is C14H24N3-. The van der Waals surface area contributed by atoms with Gasteiger partial charge in [-0.2, -0.15) is 0 Å². The van der Waals surface area contributed by atoms with Gasteiger partial charge >= 0.3 is 0 Å². The first-order valence-corrected chi connectivity index (χ1v) is 6.57. The Bertz CT molecular complexity index is 281. The molecule has 0 radical (unpaired) electrons. The molecule has 0 saturated carbocycles. The number of rotatable bonds is 7. The molecule has 3 heteroatoms. The number of hydrogen-bond donors (Lipinski definition) is 0. The first-order valence-electron chi connectivity index (χ1n) is 6.57. The van der Waals surface area contributed by atoms with Crippen LogP contribution in [0.25, 0.3) is 5.41 Å². The maximum absolute atomic E-state index is 9.70. The van der Waals surface area contributed by atoms with E-state index >= 15 is 0 Å². The fourth-order valence-corrected chi connectivity index (χ4v) is 1.88. The van der Waals surface area contributed by atoms with Gasteiger partial charge in [0, 0.05) is 5.96 Å². The molecule has 0 aliphatic carbocycles. The van der Waals surface area contributed by atoms with Crippen molar-refractivity contribution < 1.29 is 0 Å². The summed E-state index contributed by atoms with van der Waals surface area (Å²) in [6.45, 7) is 4.98. The Morgan fingerprint density at radius 2 is 1.94 bits per heavy atom. The molecule has 1 aliphatic rings. The second-order valence-corrected chi connectivity index (χ2v) is 4.44. The van der Waals surface area contributed by atoms with E-state index in [1.807, 2.05) is 16.8 Å². The third-order valence-corrected chi connectivity index (χ3v) is 2.97. The van der Waals surface area contributed by atoms with Gasteiger partial charge in [0.05, 0.1) is 0 Å². The predicted molar refractivity (Wildman–Crippen MR) is 75.0 cm³/mol. The van der Waals surface area contributed by atoms with E-state index < -0.39 is 0 Å². The lowest BCUT2D eigenvalue weighted by atomic mass is 10.2. The van der Waals surface area contributed by atoms with Gasteiger partial charge in [-0.25, -0.2) is 0 Å². The highest BCUT2D eigenvalue weighted by molar-refractivity contribution is 5.84. The van der Waals surface area contributed by atoms with Crippen LogP contribution in [0, 0.1) is 0 Å². The summed E-state index contributed by atoms with van der Waals surface area (Å²) in [5, 5.41) is 9.70. The molecule has 0 aromatic rings. The number of nitrogens with zero attached hydrogens (tertiary/aromatic N) is 3. The molecule has 1 fully saturated rings. The summed E-state index contributed by atoms with van der Waals surface area (Å²) in [5.74, 6) is 0.430. The Kier molecular flexibility index (Phi) is 6.45. The highest BCUT2D eigenvalue weighted by atomic mass is 15.4. The molecule has 0 aromatic heterocycles. The van der Waals surface area contributed by atoms with Crippen molar-refractivity contribution in [3.05, 3.63) is 29.7 Å². The summed E-state index contributed by atoms with van der Waals surface area (Å²) in [6.07, 6.45) is 13.2. The zero-order chi connectivity index (χ0) is 12.5. The van der Waals surface area contributed by atoms with E-state index in [1.54, 1.807) is 0 Å². The zero-order valence-electron chi connectivity index (χ0n) is 11.1. The van der Waals surface area contributed by atoms with Gasteiger partial charge in [-0.1, -0.05) is 31.2 Å². The van der Waals surface area contributed by atoms with Crippen molar-refractivity contribution in [2.45, 2.75) is 32.6 Å². The molecule has 1 heterocycles. The Morgan fingerprint density at radius 3 is 2.59 bits per heavy atom. The minimum atomic E-state index is 0.430. The lowest BCUT2D eigenvalue weighted by molar-refractivity contribution is 0.455. The number of hydrogen-bond acceptors (Lipinski definition) is 0. The van der Waals surface area contributed by atoms with Crippen LogP contribution in [0.3, 0.4) is 0 Å². The molecule has 0 unspecified atom stereocenters. The van der Waals surface area contributed by atoms with Gasteiger partial charge in [-0.05, 0) is 52.4 Å². The van der Waals surface area contributed by atoms with E-state index in [4.69, 9.17) is 0 Å². The summed E-state index contributed by atoms with van der Waals surface area (Å²) >= 11 is 0. The minimum absolute atomic E-state index is 0.430. The van der Waals surface area contributed by atoms with E-state index in [0.29, 0.717) is 5.96 Å². The molecule has 0 spiro atoms. The lowest BCUT2D eigenvalue weighted by Crippen LogP contribution is -2.30. The van der Waals surface area contributed by atoms with E-state index in [2.05, 4.69) is 31.2 Å². The topological polar surface area (TPSA) is 28.8 Å². The van der Waals surface area contributed by atoms with Gasteiger partial charge in [0.15, 0.2) is 0 Å². The van der Waals surface area contributed by atoms with Crippen molar-refractivity contribution >= 4 is 5.96 Å². The van der Waals surface area contributed by atoms with Crippen molar-refractivity contribution in [2.24, 2.45) is 0 Å². The van der Waals surface area contributed by atoms with E-state index in [0.717, 1.165) is 45.3 Å². The van der Waals surface area contributed by atoms with Crippen LogP contribution in [0.2, 0.25) is 0 Å². The normalized spacial score (nSPS) is 16.9. The smallest absolute Gasteiger partial charge is 0.0104 e. The summed E-state index contributed by atoms with van der Waals surface area (Å²) in [7, 11) is 1.93. The molecule has 17 heavy (non-hydrogen) atoms. The van der Waals surface area contributed by atoms with Crippen LogP contribution in [-0.4, -0.2) is 42.4 Å². The Balaban J connectivity index is 2.04. The first kappa shape index (κ1) is 13.8. The molecule has 1 aliphatic heterocycles. The fraction of sp³-hybridized carbons (Fsp3) is 0.643. The predicted octanol–water partition coefficient (Wildman–Crippen LogP) is 2.85. The molecular weight excluding hydrogens is 210 g/mol. The zero-order valence-corrected chi connectivity index (χ0v) is 11.1. The van der Waals surface area contributed by atoms with Crippen molar-refractivity contribution in [1.82, 2.24) is 9.80 Å². The number of guanidine groups is 1. The van der Waals surface area contributed by atoms with Crippen molar-refractivity contribution in [1.29, 1.82) is 0 Å². The molecule has 0 N–H and O–H groups in total. The van der Waals surface area contributed by atoms with Gasteiger partial charge in [0.25, 0.3) is 0 Å². The second kappa shape index (κ2) is 7.93. The molecule has 3 nitrogen and oxygen atoms in total.